The van der Waals surface area contributed by atoms with Crippen LogP contribution in [0.25, 0.3) is 11.5 Å². The average Bonchev–Trinajstić information content (AvgIpc) is 3.23. The quantitative estimate of drug-likeness (QED) is 0.780. The molecule has 0 saturated heterocycles. The van der Waals surface area contributed by atoms with Crippen molar-refractivity contribution in [3.05, 3.63) is 36.2 Å². The molecule has 0 amide bonds. The Balaban J connectivity index is 1.45. The third-order valence-corrected chi connectivity index (χ3v) is 3.58. The van der Waals surface area contributed by atoms with Crippen molar-refractivity contribution in [2.75, 3.05) is 20.1 Å². The lowest BCUT2D eigenvalue weighted by Crippen LogP contribution is -2.30. The van der Waals surface area contributed by atoms with Gasteiger partial charge in [-0.2, -0.15) is 0 Å². The Morgan fingerprint density at radius 1 is 1.25 bits per heavy atom. The summed E-state index contributed by atoms with van der Waals surface area (Å²) in [6.07, 6.45) is 2.70. The number of aromatic nitrogens is 2. The summed E-state index contributed by atoms with van der Waals surface area (Å²) in [6.45, 7) is 2.62. The minimum Gasteiger partial charge on any atom is -0.419 e. The number of nitrogens with zero attached hydrogens (tertiary/aromatic N) is 3. The van der Waals surface area contributed by atoms with Crippen LogP contribution in [-0.2, 0) is 6.54 Å². The monoisotopic (exact) mass is 272 g/mol. The van der Waals surface area contributed by atoms with Gasteiger partial charge in [-0.05, 0) is 32.0 Å². The fourth-order valence-electron chi connectivity index (χ4n) is 2.17. The van der Waals surface area contributed by atoms with E-state index in [9.17, 15) is 0 Å². The molecule has 0 atom stereocenters. The third kappa shape index (κ3) is 3.43. The molecule has 1 aliphatic carbocycles. The number of hydrogen-bond acceptors (Lipinski definition) is 5. The van der Waals surface area contributed by atoms with Crippen LogP contribution in [0.1, 0.15) is 18.7 Å². The normalized spacial score (nSPS) is 14.9. The summed E-state index contributed by atoms with van der Waals surface area (Å²) in [7, 11) is 2.18. The summed E-state index contributed by atoms with van der Waals surface area (Å²) in [5.74, 6) is 1.22. The molecule has 20 heavy (non-hydrogen) atoms. The van der Waals surface area contributed by atoms with Crippen LogP contribution in [0, 0.1) is 0 Å². The summed E-state index contributed by atoms with van der Waals surface area (Å²) in [6, 6.07) is 10.6. The largest absolute Gasteiger partial charge is 0.419 e. The van der Waals surface area contributed by atoms with E-state index in [1.807, 2.05) is 30.3 Å². The zero-order valence-corrected chi connectivity index (χ0v) is 11.7. The lowest BCUT2D eigenvalue weighted by Gasteiger charge is -2.15. The molecule has 0 unspecified atom stereocenters. The van der Waals surface area contributed by atoms with Crippen molar-refractivity contribution in [1.29, 1.82) is 0 Å². The van der Waals surface area contributed by atoms with Crippen LogP contribution in [-0.4, -0.2) is 41.3 Å². The van der Waals surface area contributed by atoms with E-state index >= 15 is 0 Å². The van der Waals surface area contributed by atoms with Crippen molar-refractivity contribution in [1.82, 2.24) is 20.4 Å². The van der Waals surface area contributed by atoms with Gasteiger partial charge in [-0.25, -0.2) is 0 Å². The third-order valence-electron chi connectivity index (χ3n) is 3.58. The predicted octanol–water partition coefficient (Wildman–Crippen LogP) is 1.92. The van der Waals surface area contributed by atoms with E-state index in [0.29, 0.717) is 18.3 Å². The molecule has 0 spiro atoms. The molecule has 1 heterocycles. The van der Waals surface area contributed by atoms with Crippen molar-refractivity contribution < 1.29 is 4.42 Å². The summed E-state index contributed by atoms with van der Waals surface area (Å²) < 4.78 is 5.64. The second-order valence-corrected chi connectivity index (χ2v) is 5.26. The molecule has 106 valence electrons. The Morgan fingerprint density at radius 2 is 2.05 bits per heavy atom. The molecule has 1 aromatic carbocycles. The predicted molar refractivity (Wildman–Crippen MR) is 77.1 cm³/mol. The molecule has 3 rings (SSSR count). The van der Waals surface area contributed by atoms with E-state index in [2.05, 4.69) is 27.5 Å². The van der Waals surface area contributed by atoms with Crippen LogP contribution < -0.4 is 5.32 Å². The van der Waals surface area contributed by atoms with Gasteiger partial charge < -0.3 is 14.6 Å². The van der Waals surface area contributed by atoms with Crippen LogP contribution in [0.5, 0.6) is 0 Å². The first-order valence-electron chi connectivity index (χ1n) is 7.11. The highest BCUT2D eigenvalue weighted by Crippen LogP contribution is 2.24. The van der Waals surface area contributed by atoms with Gasteiger partial charge in [0.2, 0.25) is 11.8 Å². The highest BCUT2D eigenvalue weighted by atomic mass is 16.4. The first-order valence-corrected chi connectivity index (χ1v) is 7.11. The van der Waals surface area contributed by atoms with Crippen molar-refractivity contribution >= 4 is 0 Å². The minimum atomic E-state index is 0.581. The summed E-state index contributed by atoms with van der Waals surface area (Å²) >= 11 is 0. The first kappa shape index (κ1) is 13.3. The fraction of sp³-hybridized carbons (Fsp3) is 0.467. The van der Waals surface area contributed by atoms with Crippen LogP contribution in [0.3, 0.4) is 0 Å². The molecule has 5 nitrogen and oxygen atoms in total. The number of likely N-dealkylation sites (N-methyl/N-ethyl adjacent to an activating group) is 1. The molecule has 0 bridgehead atoms. The Morgan fingerprint density at radius 3 is 2.80 bits per heavy atom. The van der Waals surface area contributed by atoms with Gasteiger partial charge in [0.15, 0.2) is 0 Å². The van der Waals surface area contributed by atoms with Gasteiger partial charge in [0, 0.05) is 24.7 Å². The first-order chi connectivity index (χ1) is 9.83. The number of rotatable bonds is 7. The van der Waals surface area contributed by atoms with Crippen LogP contribution in [0.2, 0.25) is 0 Å². The van der Waals surface area contributed by atoms with Gasteiger partial charge in [0.25, 0.3) is 0 Å². The van der Waals surface area contributed by atoms with Crippen molar-refractivity contribution in [2.45, 2.75) is 25.4 Å². The molecule has 1 N–H and O–H groups in total. The van der Waals surface area contributed by atoms with Crippen molar-refractivity contribution in [2.24, 2.45) is 0 Å². The van der Waals surface area contributed by atoms with Gasteiger partial charge in [-0.1, -0.05) is 18.2 Å². The highest BCUT2D eigenvalue weighted by molar-refractivity contribution is 5.51. The molecular weight excluding hydrogens is 252 g/mol. The van der Waals surface area contributed by atoms with Gasteiger partial charge in [-0.3, -0.25) is 0 Å². The maximum absolute atomic E-state index is 5.64. The van der Waals surface area contributed by atoms with Crippen LogP contribution >= 0.6 is 0 Å². The Bertz CT molecular complexity index is 536. The summed E-state index contributed by atoms with van der Waals surface area (Å²) in [4.78, 5) is 2.40. The maximum Gasteiger partial charge on any atom is 0.247 e. The minimum absolute atomic E-state index is 0.581. The van der Waals surface area contributed by atoms with Crippen molar-refractivity contribution in [3.8, 4) is 11.5 Å². The highest BCUT2D eigenvalue weighted by Gasteiger charge is 2.25. The second kappa shape index (κ2) is 6.15. The smallest absolute Gasteiger partial charge is 0.247 e. The van der Waals surface area contributed by atoms with Gasteiger partial charge in [-0.15, -0.1) is 10.2 Å². The van der Waals surface area contributed by atoms with E-state index < -0.39 is 0 Å². The van der Waals surface area contributed by atoms with E-state index in [-0.39, 0.29) is 0 Å². The Labute approximate surface area is 119 Å². The topological polar surface area (TPSA) is 54.2 Å². The van der Waals surface area contributed by atoms with Gasteiger partial charge in [0.05, 0.1) is 6.54 Å². The molecule has 0 radical (unpaired) electrons. The molecule has 1 fully saturated rings. The average molecular weight is 272 g/mol. The van der Waals surface area contributed by atoms with E-state index in [1.54, 1.807) is 0 Å². The second-order valence-electron chi connectivity index (χ2n) is 5.26. The Kier molecular flexibility index (Phi) is 4.08. The molecule has 1 aromatic heterocycles. The molecule has 1 aliphatic rings. The van der Waals surface area contributed by atoms with E-state index in [0.717, 1.165) is 24.7 Å². The molecule has 5 heteroatoms. The number of hydrogen-bond donors (Lipinski definition) is 1. The molecular formula is C15H20N4O. The van der Waals surface area contributed by atoms with Gasteiger partial charge in [0.1, 0.15) is 0 Å². The SMILES string of the molecule is CN(CCNCc1nnc(-c2ccccc2)o1)C1CC1. The van der Waals surface area contributed by atoms with Crippen molar-refractivity contribution in [3.63, 3.8) is 0 Å². The zero-order valence-electron chi connectivity index (χ0n) is 11.7. The number of nitrogens with one attached hydrogen (secondary N) is 1. The lowest BCUT2D eigenvalue weighted by molar-refractivity contribution is 0.318. The zero-order chi connectivity index (χ0) is 13.8. The van der Waals surface area contributed by atoms with Crippen LogP contribution in [0.4, 0.5) is 0 Å². The fourth-order valence-corrected chi connectivity index (χ4v) is 2.17. The molecule has 0 aliphatic heterocycles. The summed E-state index contributed by atoms with van der Waals surface area (Å²) in [5, 5.41) is 11.5. The standard InChI is InChI=1S/C15H20N4O/c1-19(13-7-8-13)10-9-16-11-14-17-18-15(20-14)12-5-3-2-4-6-12/h2-6,13,16H,7-11H2,1H3. The number of benzene rings is 1. The van der Waals surface area contributed by atoms with Crippen LogP contribution in [0.15, 0.2) is 34.7 Å². The summed E-state index contributed by atoms with van der Waals surface area (Å²) in [5.41, 5.74) is 0.958. The van der Waals surface area contributed by atoms with E-state index in [4.69, 9.17) is 4.42 Å². The van der Waals surface area contributed by atoms with E-state index in [1.165, 1.54) is 12.8 Å². The lowest BCUT2D eigenvalue weighted by atomic mass is 10.2. The van der Waals surface area contributed by atoms with Gasteiger partial charge >= 0.3 is 0 Å². The molecule has 1 saturated carbocycles. The maximum atomic E-state index is 5.64. The molecule has 2 aromatic rings. The Hall–Kier alpha value is -1.72.